The van der Waals surface area contributed by atoms with Gasteiger partial charge in [-0.15, -0.1) is 0 Å². The third kappa shape index (κ3) is 4.04. The molecule has 1 spiro atoms. The van der Waals surface area contributed by atoms with Crippen molar-refractivity contribution < 1.29 is 4.74 Å². The van der Waals surface area contributed by atoms with Crippen LogP contribution in [0.5, 0.6) is 0 Å². The Balaban J connectivity index is 1.28. The SMILES string of the molecule is CN=C(NCc1ccc(CN2CCCC2)cc1)N1CCC2(CCOC2)C1. The van der Waals surface area contributed by atoms with Gasteiger partial charge in [0.1, 0.15) is 0 Å². The first-order valence-corrected chi connectivity index (χ1v) is 10.1. The van der Waals surface area contributed by atoms with Gasteiger partial charge in [0.25, 0.3) is 0 Å². The molecule has 0 aliphatic carbocycles. The zero-order valence-corrected chi connectivity index (χ0v) is 16.0. The minimum atomic E-state index is 0.370. The topological polar surface area (TPSA) is 40.1 Å². The summed E-state index contributed by atoms with van der Waals surface area (Å²) < 4.78 is 5.64. The van der Waals surface area contributed by atoms with Gasteiger partial charge in [-0.2, -0.15) is 0 Å². The highest BCUT2D eigenvalue weighted by atomic mass is 16.5. The maximum absolute atomic E-state index is 5.64. The molecule has 142 valence electrons. The Hall–Kier alpha value is -1.59. The summed E-state index contributed by atoms with van der Waals surface area (Å²) in [6.07, 6.45) is 5.12. The lowest BCUT2D eigenvalue weighted by Crippen LogP contribution is -2.41. The zero-order chi connectivity index (χ0) is 17.8. The molecule has 1 unspecified atom stereocenters. The molecule has 1 aromatic carbocycles. The van der Waals surface area contributed by atoms with Gasteiger partial charge in [0.2, 0.25) is 0 Å². The number of nitrogens with zero attached hydrogens (tertiary/aromatic N) is 3. The van der Waals surface area contributed by atoms with E-state index in [2.05, 4.69) is 44.4 Å². The van der Waals surface area contributed by atoms with Crippen LogP contribution in [0.1, 0.15) is 36.8 Å². The largest absolute Gasteiger partial charge is 0.381 e. The molecule has 0 saturated carbocycles. The minimum Gasteiger partial charge on any atom is -0.381 e. The number of rotatable bonds is 4. The fourth-order valence-electron chi connectivity index (χ4n) is 4.56. The van der Waals surface area contributed by atoms with Crippen molar-refractivity contribution >= 4 is 5.96 Å². The van der Waals surface area contributed by atoms with Gasteiger partial charge in [-0.3, -0.25) is 9.89 Å². The molecule has 0 aromatic heterocycles. The first kappa shape index (κ1) is 17.8. The molecule has 5 heteroatoms. The summed E-state index contributed by atoms with van der Waals surface area (Å²) in [5.41, 5.74) is 3.10. The molecule has 0 radical (unpaired) electrons. The molecule has 3 heterocycles. The molecule has 3 aliphatic heterocycles. The summed E-state index contributed by atoms with van der Waals surface area (Å²) >= 11 is 0. The first-order valence-electron chi connectivity index (χ1n) is 10.1. The van der Waals surface area contributed by atoms with E-state index >= 15 is 0 Å². The quantitative estimate of drug-likeness (QED) is 0.665. The molecule has 0 amide bonds. The number of ether oxygens (including phenoxy) is 1. The second kappa shape index (κ2) is 7.97. The van der Waals surface area contributed by atoms with E-state index in [1.54, 1.807) is 0 Å². The maximum atomic E-state index is 5.64. The molecule has 4 rings (SSSR count). The molecule has 3 saturated heterocycles. The van der Waals surface area contributed by atoms with E-state index in [-0.39, 0.29) is 0 Å². The molecule has 26 heavy (non-hydrogen) atoms. The fraction of sp³-hybridized carbons (Fsp3) is 0.667. The Labute approximate surface area is 157 Å². The monoisotopic (exact) mass is 356 g/mol. The number of hydrogen-bond acceptors (Lipinski definition) is 3. The Morgan fingerprint density at radius 1 is 1.12 bits per heavy atom. The van der Waals surface area contributed by atoms with Crippen LogP contribution in [0.25, 0.3) is 0 Å². The number of likely N-dealkylation sites (tertiary alicyclic amines) is 2. The maximum Gasteiger partial charge on any atom is 0.193 e. The van der Waals surface area contributed by atoms with Crippen LogP contribution in [0.15, 0.2) is 29.3 Å². The van der Waals surface area contributed by atoms with E-state index in [0.717, 1.165) is 45.4 Å². The van der Waals surface area contributed by atoms with Crippen LogP contribution < -0.4 is 5.32 Å². The molecule has 3 fully saturated rings. The Morgan fingerprint density at radius 2 is 1.88 bits per heavy atom. The average molecular weight is 357 g/mol. The van der Waals surface area contributed by atoms with Crippen molar-refractivity contribution in [3.05, 3.63) is 35.4 Å². The number of hydrogen-bond donors (Lipinski definition) is 1. The van der Waals surface area contributed by atoms with E-state index in [1.165, 1.54) is 49.9 Å². The van der Waals surface area contributed by atoms with Gasteiger partial charge < -0.3 is 15.0 Å². The lowest BCUT2D eigenvalue weighted by atomic mass is 9.87. The van der Waals surface area contributed by atoms with Crippen molar-refractivity contribution in [3.8, 4) is 0 Å². The summed E-state index contributed by atoms with van der Waals surface area (Å²) in [6, 6.07) is 9.06. The van der Waals surface area contributed by atoms with Gasteiger partial charge in [0.15, 0.2) is 5.96 Å². The number of guanidine groups is 1. The van der Waals surface area contributed by atoms with E-state index in [0.29, 0.717) is 5.41 Å². The second-order valence-corrected chi connectivity index (χ2v) is 8.17. The highest BCUT2D eigenvalue weighted by Crippen LogP contribution is 2.38. The van der Waals surface area contributed by atoms with Crippen molar-refractivity contribution in [1.82, 2.24) is 15.1 Å². The van der Waals surface area contributed by atoms with Crippen LogP contribution in [0.2, 0.25) is 0 Å². The van der Waals surface area contributed by atoms with Crippen molar-refractivity contribution in [1.29, 1.82) is 0 Å². The van der Waals surface area contributed by atoms with Crippen LogP contribution in [0, 0.1) is 5.41 Å². The van der Waals surface area contributed by atoms with E-state index in [1.807, 2.05) is 7.05 Å². The lowest BCUT2D eigenvalue weighted by molar-refractivity contribution is 0.156. The average Bonchev–Trinajstić information content (AvgIpc) is 3.41. The normalized spacial score (nSPS) is 27.0. The number of nitrogens with one attached hydrogen (secondary N) is 1. The van der Waals surface area contributed by atoms with E-state index < -0.39 is 0 Å². The van der Waals surface area contributed by atoms with Gasteiger partial charge >= 0.3 is 0 Å². The first-order chi connectivity index (χ1) is 12.8. The van der Waals surface area contributed by atoms with Crippen LogP contribution in [-0.2, 0) is 17.8 Å². The molecule has 1 aromatic rings. The van der Waals surface area contributed by atoms with E-state index in [9.17, 15) is 0 Å². The van der Waals surface area contributed by atoms with Crippen LogP contribution in [-0.4, -0.2) is 62.2 Å². The Morgan fingerprint density at radius 3 is 2.58 bits per heavy atom. The van der Waals surface area contributed by atoms with Gasteiger partial charge in [-0.25, -0.2) is 0 Å². The molecule has 0 bridgehead atoms. The van der Waals surface area contributed by atoms with Crippen molar-refractivity contribution in [2.24, 2.45) is 10.4 Å². The molecule has 5 nitrogen and oxygen atoms in total. The Kier molecular flexibility index (Phi) is 5.46. The summed E-state index contributed by atoms with van der Waals surface area (Å²) in [4.78, 5) is 9.46. The molecule has 3 aliphatic rings. The summed E-state index contributed by atoms with van der Waals surface area (Å²) in [7, 11) is 1.89. The molecular formula is C21H32N4O. The third-order valence-corrected chi connectivity index (χ3v) is 6.21. The van der Waals surface area contributed by atoms with Crippen LogP contribution in [0.3, 0.4) is 0 Å². The van der Waals surface area contributed by atoms with Crippen molar-refractivity contribution in [3.63, 3.8) is 0 Å². The van der Waals surface area contributed by atoms with Crippen LogP contribution >= 0.6 is 0 Å². The highest BCUT2D eigenvalue weighted by molar-refractivity contribution is 5.80. The highest BCUT2D eigenvalue weighted by Gasteiger charge is 2.42. The predicted octanol–water partition coefficient (Wildman–Crippen LogP) is 2.47. The fourth-order valence-corrected chi connectivity index (χ4v) is 4.56. The lowest BCUT2D eigenvalue weighted by Gasteiger charge is -2.25. The predicted molar refractivity (Wildman–Crippen MR) is 105 cm³/mol. The van der Waals surface area contributed by atoms with Gasteiger partial charge in [-0.05, 0) is 49.9 Å². The summed E-state index contributed by atoms with van der Waals surface area (Å²) in [5, 5.41) is 3.55. The smallest absolute Gasteiger partial charge is 0.193 e. The second-order valence-electron chi connectivity index (χ2n) is 8.17. The van der Waals surface area contributed by atoms with Crippen molar-refractivity contribution in [2.75, 3.05) is 46.4 Å². The standard InChI is InChI=1S/C21H32N4O/c1-22-20(25-12-8-21(16-25)9-13-26-17-21)23-14-18-4-6-19(7-5-18)15-24-10-2-3-11-24/h4-7H,2-3,8-17H2,1H3,(H,22,23). The molecular weight excluding hydrogens is 324 g/mol. The third-order valence-electron chi connectivity index (χ3n) is 6.21. The van der Waals surface area contributed by atoms with Crippen LogP contribution in [0.4, 0.5) is 0 Å². The van der Waals surface area contributed by atoms with Gasteiger partial charge in [-0.1, -0.05) is 24.3 Å². The van der Waals surface area contributed by atoms with Gasteiger partial charge in [0, 0.05) is 45.2 Å². The Bertz CT molecular complexity index is 615. The molecule has 1 N–H and O–H groups in total. The van der Waals surface area contributed by atoms with Gasteiger partial charge in [0.05, 0.1) is 6.61 Å². The zero-order valence-electron chi connectivity index (χ0n) is 16.0. The molecule has 1 atom stereocenters. The van der Waals surface area contributed by atoms with E-state index in [4.69, 9.17) is 4.74 Å². The number of benzene rings is 1. The summed E-state index contributed by atoms with van der Waals surface area (Å²) in [5.74, 6) is 1.02. The summed E-state index contributed by atoms with van der Waals surface area (Å²) in [6.45, 7) is 8.41. The number of aliphatic imine (C=N–C) groups is 1. The van der Waals surface area contributed by atoms with Crippen molar-refractivity contribution in [2.45, 2.75) is 38.8 Å². The minimum absolute atomic E-state index is 0.370.